The third-order valence-electron chi connectivity index (χ3n) is 4.37. The van der Waals surface area contributed by atoms with Crippen LogP contribution in [0.1, 0.15) is 40.7 Å². The molecule has 5 heteroatoms. The molecule has 2 aromatic rings. The van der Waals surface area contributed by atoms with Crippen molar-refractivity contribution >= 4 is 11.8 Å². The van der Waals surface area contributed by atoms with Crippen LogP contribution in [0.5, 0.6) is 0 Å². The minimum absolute atomic E-state index is 0.342. The lowest BCUT2D eigenvalue weighted by Crippen LogP contribution is -2.62. The molecule has 1 aliphatic carbocycles. The predicted molar refractivity (Wildman–Crippen MR) is 92.8 cm³/mol. The van der Waals surface area contributed by atoms with E-state index in [0.29, 0.717) is 18.4 Å². The van der Waals surface area contributed by atoms with E-state index < -0.39 is 11.4 Å². The molecule has 1 fully saturated rings. The van der Waals surface area contributed by atoms with Gasteiger partial charge in [-0.2, -0.15) is 0 Å². The maximum Gasteiger partial charge on any atom is 0.269 e. The van der Waals surface area contributed by atoms with Crippen LogP contribution in [0, 0.1) is 11.8 Å². The summed E-state index contributed by atoms with van der Waals surface area (Å²) < 4.78 is 0. The normalized spacial score (nSPS) is 14.4. The molecule has 2 aromatic carbocycles. The third-order valence-corrected chi connectivity index (χ3v) is 4.37. The molecule has 0 spiro atoms. The molecule has 25 heavy (non-hydrogen) atoms. The van der Waals surface area contributed by atoms with Gasteiger partial charge >= 0.3 is 0 Å². The van der Waals surface area contributed by atoms with Crippen LogP contribution >= 0.6 is 0 Å². The summed E-state index contributed by atoms with van der Waals surface area (Å²) in [4.78, 5) is 24.1. The van der Waals surface area contributed by atoms with Crippen molar-refractivity contribution in [1.29, 1.82) is 0 Å². The van der Waals surface area contributed by atoms with Crippen LogP contribution < -0.4 is 10.8 Å². The van der Waals surface area contributed by atoms with Gasteiger partial charge in [-0.1, -0.05) is 30.0 Å². The fourth-order valence-electron chi connectivity index (χ4n) is 2.71. The number of rotatable bonds is 3. The summed E-state index contributed by atoms with van der Waals surface area (Å²) >= 11 is 0. The summed E-state index contributed by atoms with van der Waals surface area (Å²) in [7, 11) is 0. The number of nitrogens with one attached hydrogen (secondary N) is 2. The van der Waals surface area contributed by atoms with Gasteiger partial charge in [0.05, 0.1) is 0 Å². The topological polar surface area (TPSA) is 78.4 Å². The fraction of sp³-hybridized carbons (Fsp3) is 0.200. The Bertz CT molecular complexity index is 829. The molecule has 0 saturated heterocycles. The van der Waals surface area contributed by atoms with Gasteiger partial charge < -0.3 is 5.32 Å². The Morgan fingerprint density at radius 2 is 1.52 bits per heavy atom. The number of hydroxylamine groups is 1. The molecule has 1 saturated carbocycles. The van der Waals surface area contributed by atoms with E-state index in [1.54, 1.807) is 29.7 Å². The Morgan fingerprint density at radius 3 is 2.04 bits per heavy atom. The Kier molecular flexibility index (Phi) is 4.82. The van der Waals surface area contributed by atoms with Gasteiger partial charge in [0.1, 0.15) is 5.54 Å². The Morgan fingerprint density at radius 1 is 0.920 bits per heavy atom. The van der Waals surface area contributed by atoms with Gasteiger partial charge in [-0.3, -0.25) is 14.8 Å². The molecule has 0 aliphatic heterocycles. The second kappa shape index (κ2) is 7.20. The van der Waals surface area contributed by atoms with Crippen molar-refractivity contribution < 1.29 is 14.8 Å². The molecule has 0 bridgehead atoms. The van der Waals surface area contributed by atoms with Crippen molar-refractivity contribution in [1.82, 2.24) is 10.8 Å². The van der Waals surface area contributed by atoms with Crippen molar-refractivity contribution in [3.05, 3.63) is 71.3 Å². The monoisotopic (exact) mass is 334 g/mol. The first-order valence-corrected chi connectivity index (χ1v) is 8.07. The smallest absolute Gasteiger partial charge is 0.269 e. The van der Waals surface area contributed by atoms with Gasteiger partial charge in [0.15, 0.2) is 0 Å². The maximum atomic E-state index is 12.4. The van der Waals surface area contributed by atoms with Crippen molar-refractivity contribution in [2.45, 2.75) is 24.8 Å². The minimum Gasteiger partial charge on any atom is -0.338 e. The summed E-state index contributed by atoms with van der Waals surface area (Å²) in [5.41, 5.74) is 2.80. The van der Waals surface area contributed by atoms with E-state index in [-0.39, 0.29) is 5.91 Å². The van der Waals surface area contributed by atoms with E-state index in [4.69, 9.17) is 5.21 Å². The van der Waals surface area contributed by atoms with Gasteiger partial charge in [-0.05, 0) is 55.7 Å². The molecular weight excluding hydrogens is 316 g/mol. The van der Waals surface area contributed by atoms with Crippen molar-refractivity contribution in [3.63, 3.8) is 0 Å². The van der Waals surface area contributed by atoms with Gasteiger partial charge in [0, 0.05) is 16.7 Å². The van der Waals surface area contributed by atoms with Crippen LogP contribution in [0.2, 0.25) is 0 Å². The first-order valence-electron chi connectivity index (χ1n) is 8.07. The molecule has 0 radical (unpaired) electrons. The molecule has 3 N–H and O–H groups in total. The summed E-state index contributed by atoms with van der Waals surface area (Å²) in [5.74, 6) is 5.19. The highest BCUT2D eigenvalue weighted by molar-refractivity contribution is 5.99. The molecular formula is C20H18N2O3. The lowest BCUT2D eigenvalue weighted by molar-refractivity contribution is -0.139. The average molecular weight is 334 g/mol. The highest BCUT2D eigenvalue weighted by atomic mass is 16.5. The molecule has 3 rings (SSSR count). The van der Waals surface area contributed by atoms with Gasteiger partial charge in [-0.15, -0.1) is 0 Å². The van der Waals surface area contributed by atoms with Crippen LogP contribution in [0.15, 0.2) is 54.6 Å². The average Bonchev–Trinajstić information content (AvgIpc) is 2.63. The van der Waals surface area contributed by atoms with E-state index in [2.05, 4.69) is 17.2 Å². The van der Waals surface area contributed by atoms with Crippen molar-refractivity contribution in [3.8, 4) is 11.8 Å². The van der Waals surface area contributed by atoms with Crippen LogP contribution in [-0.2, 0) is 4.79 Å². The van der Waals surface area contributed by atoms with E-state index in [9.17, 15) is 9.59 Å². The lowest BCUT2D eigenvalue weighted by atomic mass is 9.76. The van der Waals surface area contributed by atoms with E-state index >= 15 is 0 Å². The predicted octanol–water partition coefficient (Wildman–Crippen LogP) is 2.24. The molecule has 0 unspecified atom stereocenters. The second-order valence-electron chi connectivity index (χ2n) is 6.02. The van der Waals surface area contributed by atoms with E-state index in [1.165, 1.54) is 0 Å². The SMILES string of the molecule is O=C(NC1(C(=O)NO)CCC1)c1ccc(C#Cc2ccccc2)cc1. The number of carbonyl (C=O) groups excluding carboxylic acids is 2. The highest BCUT2D eigenvalue weighted by Crippen LogP contribution is 2.32. The quantitative estimate of drug-likeness (QED) is 0.458. The fourth-order valence-corrected chi connectivity index (χ4v) is 2.71. The number of benzene rings is 2. The lowest BCUT2D eigenvalue weighted by Gasteiger charge is -2.39. The van der Waals surface area contributed by atoms with Crippen molar-refractivity contribution in [2.75, 3.05) is 0 Å². The van der Waals surface area contributed by atoms with E-state index in [1.807, 2.05) is 30.3 Å². The van der Waals surface area contributed by atoms with Gasteiger partial charge in [0.2, 0.25) is 0 Å². The van der Waals surface area contributed by atoms with Crippen LogP contribution in [-0.4, -0.2) is 22.6 Å². The number of hydrogen-bond donors (Lipinski definition) is 3. The molecule has 2 amide bonds. The molecule has 5 nitrogen and oxygen atoms in total. The Hall–Kier alpha value is -3.10. The maximum absolute atomic E-state index is 12.4. The molecule has 1 aliphatic rings. The summed E-state index contributed by atoms with van der Waals surface area (Å²) in [6.45, 7) is 0. The Balaban J connectivity index is 1.69. The van der Waals surface area contributed by atoms with Gasteiger partial charge in [-0.25, -0.2) is 5.48 Å². The van der Waals surface area contributed by atoms with Crippen LogP contribution in [0.25, 0.3) is 0 Å². The summed E-state index contributed by atoms with van der Waals surface area (Å²) in [5, 5.41) is 11.6. The van der Waals surface area contributed by atoms with E-state index in [0.717, 1.165) is 17.5 Å². The first-order chi connectivity index (χ1) is 12.1. The molecule has 126 valence electrons. The largest absolute Gasteiger partial charge is 0.338 e. The number of hydrogen-bond acceptors (Lipinski definition) is 3. The minimum atomic E-state index is -1.00. The van der Waals surface area contributed by atoms with Crippen LogP contribution in [0.4, 0.5) is 0 Å². The molecule has 0 aromatic heterocycles. The molecule has 0 atom stereocenters. The molecule has 0 heterocycles. The third kappa shape index (κ3) is 3.70. The second-order valence-corrected chi connectivity index (χ2v) is 6.02. The number of carbonyl (C=O) groups is 2. The summed E-state index contributed by atoms with van der Waals surface area (Å²) in [6.07, 6.45) is 1.87. The Labute approximate surface area is 146 Å². The zero-order chi connectivity index (χ0) is 17.7. The number of amides is 2. The summed E-state index contributed by atoms with van der Waals surface area (Å²) in [6, 6.07) is 16.5. The van der Waals surface area contributed by atoms with Gasteiger partial charge in [0.25, 0.3) is 11.8 Å². The first kappa shape index (κ1) is 16.7. The standard InChI is InChI=1S/C20H18N2O3/c23-18(21-20(13-4-14-20)19(24)22-25)17-11-9-16(10-12-17)8-7-15-5-2-1-3-6-15/h1-3,5-6,9-12,25H,4,13-14H2,(H,21,23)(H,22,24). The zero-order valence-electron chi connectivity index (χ0n) is 13.6. The highest BCUT2D eigenvalue weighted by Gasteiger charge is 2.45. The van der Waals surface area contributed by atoms with Crippen molar-refractivity contribution in [2.24, 2.45) is 0 Å². The zero-order valence-corrected chi connectivity index (χ0v) is 13.6. The van der Waals surface area contributed by atoms with Crippen LogP contribution in [0.3, 0.4) is 0 Å².